The van der Waals surface area contributed by atoms with Crippen molar-refractivity contribution < 1.29 is 4.74 Å². The Morgan fingerprint density at radius 3 is 2.72 bits per heavy atom. The lowest BCUT2D eigenvalue weighted by atomic mass is 10.3. The van der Waals surface area contributed by atoms with Crippen LogP contribution < -0.4 is 4.74 Å². The molecule has 96 valence electrons. The van der Waals surface area contributed by atoms with Crippen molar-refractivity contribution in [2.24, 2.45) is 0 Å². The minimum atomic E-state index is 0.394. The van der Waals surface area contributed by atoms with E-state index in [1.165, 1.54) is 0 Å². The highest BCUT2D eigenvalue weighted by molar-refractivity contribution is 9.10. The Morgan fingerprint density at radius 2 is 2.06 bits per heavy atom. The molecule has 18 heavy (non-hydrogen) atoms. The van der Waals surface area contributed by atoms with Gasteiger partial charge in [0.15, 0.2) is 0 Å². The van der Waals surface area contributed by atoms with Crippen LogP contribution in [0.15, 0.2) is 34.9 Å². The molecular formula is C14H17BrN2O. The molecule has 1 aromatic carbocycles. The number of rotatable bonds is 4. The summed E-state index contributed by atoms with van der Waals surface area (Å²) < 4.78 is 8.98. The number of hydrogen-bond donors (Lipinski definition) is 0. The molecule has 0 radical (unpaired) electrons. The highest BCUT2D eigenvalue weighted by Crippen LogP contribution is 2.25. The van der Waals surface area contributed by atoms with Gasteiger partial charge in [-0.1, -0.05) is 12.1 Å². The highest BCUT2D eigenvalue weighted by Gasteiger charge is 2.10. The molecule has 0 saturated heterocycles. The van der Waals surface area contributed by atoms with E-state index >= 15 is 0 Å². The number of halogens is 1. The van der Waals surface area contributed by atoms with E-state index in [0.29, 0.717) is 12.6 Å². The molecule has 0 saturated carbocycles. The van der Waals surface area contributed by atoms with Gasteiger partial charge in [-0.05, 0) is 48.8 Å². The van der Waals surface area contributed by atoms with Gasteiger partial charge in [0.2, 0.25) is 0 Å². The summed E-state index contributed by atoms with van der Waals surface area (Å²) in [5.74, 6) is 1.88. The number of para-hydroxylation sites is 1. The van der Waals surface area contributed by atoms with Gasteiger partial charge in [0, 0.05) is 6.04 Å². The summed E-state index contributed by atoms with van der Waals surface area (Å²) in [6.07, 6.45) is 1.88. The molecule has 0 bridgehead atoms. The molecule has 0 amide bonds. The highest BCUT2D eigenvalue weighted by atomic mass is 79.9. The number of aryl methyl sites for hydroxylation is 1. The van der Waals surface area contributed by atoms with E-state index in [-0.39, 0.29) is 0 Å². The van der Waals surface area contributed by atoms with E-state index < -0.39 is 0 Å². The van der Waals surface area contributed by atoms with Crippen LogP contribution in [-0.2, 0) is 6.61 Å². The Hall–Kier alpha value is -1.29. The average Bonchev–Trinajstić information content (AvgIpc) is 2.69. The predicted molar refractivity (Wildman–Crippen MR) is 75.8 cm³/mol. The first kappa shape index (κ1) is 13.1. The Kier molecular flexibility index (Phi) is 4.07. The summed E-state index contributed by atoms with van der Waals surface area (Å²) >= 11 is 3.48. The first-order valence-corrected chi connectivity index (χ1v) is 6.79. The van der Waals surface area contributed by atoms with Crippen LogP contribution in [0.2, 0.25) is 0 Å². The van der Waals surface area contributed by atoms with Gasteiger partial charge in [0.25, 0.3) is 0 Å². The van der Waals surface area contributed by atoms with Gasteiger partial charge < -0.3 is 9.30 Å². The van der Waals surface area contributed by atoms with Crippen LogP contribution in [0.1, 0.15) is 31.4 Å². The van der Waals surface area contributed by atoms with E-state index in [1.54, 1.807) is 0 Å². The summed E-state index contributed by atoms with van der Waals surface area (Å²) in [6, 6.07) is 8.25. The third-order valence-corrected chi connectivity index (χ3v) is 3.44. The molecule has 0 aliphatic carbocycles. The second-order valence-electron chi connectivity index (χ2n) is 4.48. The van der Waals surface area contributed by atoms with Crippen LogP contribution in [0.4, 0.5) is 0 Å². The number of imidazole rings is 1. The molecule has 0 spiro atoms. The molecule has 0 aliphatic heterocycles. The maximum atomic E-state index is 5.82. The van der Waals surface area contributed by atoms with Crippen LogP contribution in [0.5, 0.6) is 5.75 Å². The zero-order valence-electron chi connectivity index (χ0n) is 10.9. The predicted octanol–water partition coefficient (Wildman–Crippen LogP) is 4.11. The zero-order valence-corrected chi connectivity index (χ0v) is 12.4. The standard InChI is InChI=1S/C14H17BrN2O/c1-10(2)17-11(3)16-8-12(17)9-18-14-7-5-4-6-13(14)15/h4-8,10H,9H2,1-3H3. The summed E-state index contributed by atoms with van der Waals surface area (Å²) in [7, 11) is 0. The van der Waals surface area contributed by atoms with Gasteiger partial charge in [-0.2, -0.15) is 0 Å². The Balaban J connectivity index is 2.14. The maximum absolute atomic E-state index is 5.82. The van der Waals surface area contributed by atoms with Crippen molar-refractivity contribution in [1.29, 1.82) is 0 Å². The van der Waals surface area contributed by atoms with Gasteiger partial charge in [-0.15, -0.1) is 0 Å². The minimum Gasteiger partial charge on any atom is -0.486 e. The number of aromatic nitrogens is 2. The molecule has 0 fully saturated rings. The minimum absolute atomic E-state index is 0.394. The molecule has 4 heteroatoms. The smallest absolute Gasteiger partial charge is 0.134 e. The summed E-state index contributed by atoms with van der Waals surface area (Å²) in [4.78, 5) is 4.34. The van der Waals surface area contributed by atoms with Crippen molar-refractivity contribution in [1.82, 2.24) is 9.55 Å². The zero-order chi connectivity index (χ0) is 13.1. The van der Waals surface area contributed by atoms with Gasteiger partial charge in [-0.25, -0.2) is 4.98 Å². The van der Waals surface area contributed by atoms with Crippen LogP contribution >= 0.6 is 15.9 Å². The molecular weight excluding hydrogens is 292 g/mol. The second-order valence-corrected chi connectivity index (χ2v) is 5.33. The molecule has 1 aromatic heterocycles. The third-order valence-electron chi connectivity index (χ3n) is 2.79. The largest absolute Gasteiger partial charge is 0.486 e. The molecule has 2 rings (SSSR count). The average molecular weight is 309 g/mol. The fraction of sp³-hybridized carbons (Fsp3) is 0.357. The number of hydrogen-bond acceptors (Lipinski definition) is 2. The van der Waals surface area contributed by atoms with Gasteiger partial charge in [0.1, 0.15) is 18.2 Å². The van der Waals surface area contributed by atoms with Crippen LogP contribution in [0.3, 0.4) is 0 Å². The van der Waals surface area contributed by atoms with Gasteiger partial charge in [-0.3, -0.25) is 0 Å². The lowest BCUT2D eigenvalue weighted by molar-refractivity contribution is 0.289. The fourth-order valence-electron chi connectivity index (χ4n) is 2.03. The number of nitrogens with zero attached hydrogens (tertiary/aromatic N) is 2. The van der Waals surface area contributed by atoms with E-state index in [9.17, 15) is 0 Å². The number of benzene rings is 1. The SMILES string of the molecule is Cc1ncc(COc2ccccc2Br)n1C(C)C. The Morgan fingerprint density at radius 1 is 1.33 bits per heavy atom. The normalized spacial score (nSPS) is 10.9. The quantitative estimate of drug-likeness (QED) is 0.849. The van der Waals surface area contributed by atoms with E-state index in [0.717, 1.165) is 21.7 Å². The molecule has 0 unspecified atom stereocenters. The van der Waals surface area contributed by atoms with E-state index in [1.807, 2.05) is 37.4 Å². The Bertz CT molecular complexity index is 534. The van der Waals surface area contributed by atoms with Crippen LogP contribution in [-0.4, -0.2) is 9.55 Å². The lowest BCUT2D eigenvalue weighted by Gasteiger charge is -2.15. The molecule has 0 atom stereocenters. The van der Waals surface area contributed by atoms with E-state index in [4.69, 9.17) is 4.74 Å². The fourth-order valence-corrected chi connectivity index (χ4v) is 2.43. The first-order valence-electron chi connectivity index (χ1n) is 5.99. The van der Waals surface area contributed by atoms with Gasteiger partial charge in [0.05, 0.1) is 16.4 Å². The molecule has 1 heterocycles. The van der Waals surface area contributed by atoms with Crippen molar-refractivity contribution in [2.45, 2.75) is 33.4 Å². The van der Waals surface area contributed by atoms with Crippen LogP contribution in [0, 0.1) is 6.92 Å². The monoisotopic (exact) mass is 308 g/mol. The van der Waals surface area contributed by atoms with Crippen molar-refractivity contribution in [3.8, 4) is 5.75 Å². The van der Waals surface area contributed by atoms with Crippen molar-refractivity contribution in [3.05, 3.63) is 46.5 Å². The van der Waals surface area contributed by atoms with Crippen molar-refractivity contribution in [2.75, 3.05) is 0 Å². The van der Waals surface area contributed by atoms with Gasteiger partial charge >= 0.3 is 0 Å². The molecule has 3 nitrogen and oxygen atoms in total. The lowest BCUT2D eigenvalue weighted by Crippen LogP contribution is -2.10. The topological polar surface area (TPSA) is 27.1 Å². The summed E-state index contributed by atoms with van der Waals surface area (Å²) in [6.45, 7) is 6.84. The molecule has 0 aliphatic rings. The summed E-state index contributed by atoms with van der Waals surface area (Å²) in [5.41, 5.74) is 1.10. The second kappa shape index (κ2) is 5.57. The summed E-state index contributed by atoms with van der Waals surface area (Å²) in [5, 5.41) is 0. The third kappa shape index (κ3) is 2.75. The van der Waals surface area contributed by atoms with E-state index in [2.05, 4.69) is 39.3 Å². The van der Waals surface area contributed by atoms with Crippen molar-refractivity contribution in [3.63, 3.8) is 0 Å². The first-order chi connectivity index (χ1) is 8.59. The maximum Gasteiger partial charge on any atom is 0.134 e. The van der Waals surface area contributed by atoms with Crippen LogP contribution in [0.25, 0.3) is 0 Å². The Labute approximate surface area is 116 Å². The molecule has 0 N–H and O–H groups in total. The van der Waals surface area contributed by atoms with Crippen molar-refractivity contribution >= 4 is 15.9 Å². The number of ether oxygens (including phenoxy) is 1. The molecule has 2 aromatic rings.